The Morgan fingerprint density at radius 3 is 2.84 bits per heavy atom. The molecule has 2 amide bonds. The number of amides is 2. The molecular formula is C15H22N2O2. The summed E-state index contributed by atoms with van der Waals surface area (Å²) in [5.74, 6) is 0.591. The Hall–Kier alpha value is -1.55. The number of aryl methyl sites for hydroxylation is 1. The normalized spacial score (nSPS) is 18.9. The van der Waals surface area contributed by atoms with Gasteiger partial charge in [0.1, 0.15) is 0 Å². The van der Waals surface area contributed by atoms with E-state index in [1.165, 1.54) is 12.0 Å². The molecule has 0 radical (unpaired) electrons. The van der Waals surface area contributed by atoms with Crippen LogP contribution in [0.15, 0.2) is 24.3 Å². The van der Waals surface area contributed by atoms with Crippen LogP contribution in [-0.4, -0.2) is 25.8 Å². The fourth-order valence-electron chi connectivity index (χ4n) is 2.24. The standard InChI is InChI=1S/C15H22N2O2/c1-12-4-6-14(7-5-12)17-15(18)16-9-8-13-3-2-10-19-11-13/h4-7,13H,2-3,8-11H2,1H3,(H2,16,17,18)/t13-/m1/s1. The number of nitrogens with one attached hydrogen (secondary N) is 2. The summed E-state index contributed by atoms with van der Waals surface area (Å²) in [6.45, 7) is 4.45. The summed E-state index contributed by atoms with van der Waals surface area (Å²) >= 11 is 0. The van der Waals surface area contributed by atoms with Crippen molar-refractivity contribution < 1.29 is 9.53 Å². The first-order valence-electron chi connectivity index (χ1n) is 6.93. The predicted octanol–water partition coefficient (Wildman–Crippen LogP) is 2.93. The van der Waals surface area contributed by atoms with Gasteiger partial charge in [-0.25, -0.2) is 4.79 Å². The van der Waals surface area contributed by atoms with Gasteiger partial charge in [0.05, 0.1) is 0 Å². The van der Waals surface area contributed by atoms with E-state index in [-0.39, 0.29) is 6.03 Å². The molecule has 0 saturated carbocycles. The molecule has 0 aliphatic carbocycles. The monoisotopic (exact) mass is 262 g/mol. The molecule has 104 valence electrons. The summed E-state index contributed by atoms with van der Waals surface area (Å²) in [6, 6.07) is 7.64. The Morgan fingerprint density at radius 2 is 2.16 bits per heavy atom. The smallest absolute Gasteiger partial charge is 0.319 e. The number of anilines is 1. The van der Waals surface area contributed by atoms with Gasteiger partial charge < -0.3 is 15.4 Å². The lowest BCUT2D eigenvalue weighted by Gasteiger charge is -2.21. The van der Waals surface area contributed by atoms with Crippen molar-refractivity contribution in [2.75, 3.05) is 25.1 Å². The molecule has 1 aromatic rings. The van der Waals surface area contributed by atoms with Gasteiger partial charge in [-0.2, -0.15) is 0 Å². The number of ether oxygens (including phenoxy) is 1. The first-order chi connectivity index (χ1) is 9.24. The zero-order valence-electron chi connectivity index (χ0n) is 11.4. The Bertz CT molecular complexity index is 397. The summed E-state index contributed by atoms with van der Waals surface area (Å²) in [7, 11) is 0. The van der Waals surface area contributed by atoms with E-state index < -0.39 is 0 Å². The summed E-state index contributed by atoms with van der Waals surface area (Å²) in [4.78, 5) is 11.7. The van der Waals surface area contributed by atoms with Gasteiger partial charge >= 0.3 is 6.03 Å². The molecule has 0 bridgehead atoms. The van der Waals surface area contributed by atoms with E-state index in [1.54, 1.807) is 0 Å². The zero-order valence-corrected chi connectivity index (χ0v) is 11.4. The second kappa shape index (κ2) is 7.14. The molecule has 1 heterocycles. The maximum Gasteiger partial charge on any atom is 0.319 e. The number of benzene rings is 1. The third-order valence-corrected chi connectivity index (χ3v) is 3.40. The van der Waals surface area contributed by atoms with E-state index >= 15 is 0 Å². The lowest BCUT2D eigenvalue weighted by atomic mass is 9.99. The molecule has 4 nitrogen and oxygen atoms in total. The predicted molar refractivity (Wildman–Crippen MR) is 76.4 cm³/mol. The van der Waals surface area contributed by atoms with Crippen LogP contribution in [0.3, 0.4) is 0 Å². The Morgan fingerprint density at radius 1 is 1.37 bits per heavy atom. The molecule has 19 heavy (non-hydrogen) atoms. The number of rotatable bonds is 4. The molecule has 0 aromatic heterocycles. The van der Waals surface area contributed by atoms with Gasteiger partial charge in [-0.3, -0.25) is 0 Å². The molecule has 1 aromatic carbocycles. The van der Waals surface area contributed by atoms with Crippen LogP contribution in [0, 0.1) is 12.8 Å². The van der Waals surface area contributed by atoms with Crippen LogP contribution in [0.1, 0.15) is 24.8 Å². The van der Waals surface area contributed by atoms with Gasteiger partial charge in [-0.05, 0) is 44.2 Å². The highest BCUT2D eigenvalue weighted by molar-refractivity contribution is 5.89. The lowest BCUT2D eigenvalue weighted by molar-refractivity contribution is 0.0520. The number of hydrogen-bond acceptors (Lipinski definition) is 2. The van der Waals surface area contributed by atoms with Gasteiger partial charge in [0.2, 0.25) is 0 Å². The topological polar surface area (TPSA) is 50.4 Å². The second-order valence-corrected chi connectivity index (χ2v) is 5.12. The highest BCUT2D eigenvalue weighted by atomic mass is 16.5. The highest BCUT2D eigenvalue weighted by Gasteiger charge is 2.13. The van der Waals surface area contributed by atoms with E-state index in [1.807, 2.05) is 31.2 Å². The Balaban J connectivity index is 1.65. The zero-order chi connectivity index (χ0) is 13.5. The summed E-state index contributed by atoms with van der Waals surface area (Å²) in [6.07, 6.45) is 3.34. The molecule has 1 aliphatic rings. The van der Waals surface area contributed by atoms with Gasteiger partial charge in [-0.1, -0.05) is 17.7 Å². The first kappa shape index (κ1) is 13.9. The van der Waals surface area contributed by atoms with Crippen molar-refractivity contribution in [2.24, 2.45) is 5.92 Å². The van der Waals surface area contributed by atoms with Crippen molar-refractivity contribution in [2.45, 2.75) is 26.2 Å². The molecule has 1 aliphatic heterocycles. The number of carbonyl (C=O) groups excluding carboxylic acids is 1. The Kier molecular flexibility index (Phi) is 5.21. The molecule has 0 unspecified atom stereocenters. The van der Waals surface area contributed by atoms with Crippen LogP contribution in [-0.2, 0) is 4.74 Å². The number of urea groups is 1. The van der Waals surface area contributed by atoms with Crippen molar-refractivity contribution in [3.8, 4) is 0 Å². The van der Waals surface area contributed by atoms with Gasteiger partial charge in [0.15, 0.2) is 0 Å². The number of hydrogen-bond donors (Lipinski definition) is 2. The highest BCUT2D eigenvalue weighted by Crippen LogP contribution is 2.16. The maximum atomic E-state index is 11.7. The molecular weight excluding hydrogens is 240 g/mol. The third kappa shape index (κ3) is 4.91. The fraction of sp³-hybridized carbons (Fsp3) is 0.533. The van der Waals surface area contributed by atoms with E-state index in [2.05, 4.69) is 10.6 Å². The van der Waals surface area contributed by atoms with Gasteiger partial charge in [-0.15, -0.1) is 0 Å². The molecule has 1 saturated heterocycles. The van der Waals surface area contributed by atoms with E-state index in [0.717, 1.165) is 31.7 Å². The molecule has 1 atom stereocenters. The van der Waals surface area contributed by atoms with Gasteiger partial charge in [0, 0.05) is 25.4 Å². The Labute approximate surface area is 114 Å². The SMILES string of the molecule is Cc1ccc(NC(=O)NCC[C@H]2CCCOC2)cc1. The largest absolute Gasteiger partial charge is 0.381 e. The summed E-state index contributed by atoms with van der Waals surface area (Å²) < 4.78 is 5.42. The minimum Gasteiger partial charge on any atom is -0.381 e. The molecule has 4 heteroatoms. The molecule has 1 fully saturated rings. The van der Waals surface area contributed by atoms with Crippen LogP contribution in [0.4, 0.5) is 10.5 Å². The average Bonchev–Trinajstić information content (AvgIpc) is 2.43. The summed E-state index contributed by atoms with van der Waals surface area (Å²) in [5, 5.41) is 5.71. The average molecular weight is 262 g/mol. The van der Waals surface area contributed by atoms with Crippen LogP contribution in [0.2, 0.25) is 0 Å². The van der Waals surface area contributed by atoms with Crippen LogP contribution >= 0.6 is 0 Å². The van der Waals surface area contributed by atoms with Crippen molar-refractivity contribution in [3.05, 3.63) is 29.8 Å². The lowest BCUT2D eigenvalue weighted by Crippen LogP contribution is -2.31. The first-order valence-corrected chi connectivity index (χ1v) is 6.93. The third-order valence-electron chi connectivity index (χ3n) is 3.40. The fourth-order valence-corrected chi connectivity index (χ4v) is 2.24. The van der Waals surface area contributed by atoms with Gasteiger partial charge in [0.25, 0.3) is 0 Å². The van der Waals surface area contributed by atoms with Crippen LogP contribution < -0.4 is 10.6 Å². The van der Waals surface area contributed by atoms with Crippen LogP contribution in [0.25, 0.3) is 0 Å². The molecule has 0 spiro atoms. The summed E-state index contributed by atoms with van der Waals surface area (Å²) in [5.41, 5.74) is 2.01. The quantitative estimate of drug-likeness (QED) is 0.876. The molecule has 2 N–H and O–H groups in total. The van der Waals surface area contributed by atoms with E-state index in [0.29, 0.717) is 12.5 Å². The van der Waals surface area contributed by atoms with Crippen LogP contribution in [0.5, 0.6) is 0 Å². The van der Waals surface area contributed by atoms with Crippen molar-refractivity contribution in [3.63, 3.8) is 0 Å². The van der Waals surface area contributed by atoms with E-state index in [4.69, 9.17) is 4.74 Å². The van der Waals surface area contributed by atoms with Crippen molar-refractivity contribution >= 4 is 11.7 Å². The minimum absolute atomic E-state index is 0.138. The minimum atomic E-state index is -0.138. The van der Waals surface area contributed by atoms with E-state index in [9.17, 15) is 4.79 Å². The second-order valence-electron chi connectivity index (χ2n) is 5.12. The molecule has 2 rings (SSSR count). The maximum absolute atomic E-state index is 11.7. The number of carbonyl (C=O) groups is 1. The van der Waals surface area contributed by atoms with Crippen molar-refractivity contribution in [1.82, 2.24) is 5.32 Å². The van der Waals surface area contributed by atoms with Crippen molar-refractivity contribution in [1.29, 1.82) is 0 Å².